The van der Waals surface area contributed by atoms with E-state index in [4.69, 9.17) is 11.2 Å². The predicted molar refractivity (Wildman–Crippen MR) is 128 cm³/mol. The van der Waals surface area contributed by atoms with E-state index < -0.39 is 0 Å². The van der Waals surface area contributed by atoms with Crippen LogP contribution in [0.25, 0.3) is 17.2 Å². The third-order valence-corrected chi connectivity index (χ3v) is 5.79. The molecule has 0 aliphatic carbocycles. The molecule has 4 aromatic rings. The lowest BCUT2D eigenvalue weighted by molar-refractivity contribution is -0.116. The molecule has 1 atom stereocenters. The zero-order valence-electron chi connectivity index (χ0n) is 18.8. The largest absolute Gasteiger partial charge is 0.481 e. The van der Waals surface area contributed by atoms with Gasteiger partial charge in [-0.15, -0.1) is 11.5 Å². The van der Waals surface area contributed by atoms with Gasteiger partial charge in [-0.25, -0.2) is 4.98 Å². The highest BCUT2D eigenvalue weighted by Crippen LogP contribution is 2.40. The summed E-state index contributed by atoms with van der Waals surface area (Å²) in [7, 11) is 0. The van der Waals surface area contributed by atoms with Gasteiger partial charge in [0.2, 0.25) is 5.91 Å². The Morgan fingerprint density at radius 2 is 1.91 bits per heavy atom. The molecule has 8 heteroatoms. The summed E-state index contributed by atoms with van der Waals surface area (Å²) in [6.45, 7) is 4.15. The number of anilines is 1. The first-order chi connectivity index (χ1) is 16.5. The second kappa shape index (κ2) is 8.79. The quantitative estimate of drug-likeness (QED) is 0.465. The highest BCUT2D eigenvalue weighted by atomic mass is 16.5. The molecule has 8 nitrogen and oxygen atoms in total. The highest BCUT2D eigenvalue weighted by Gasteiger charge is 2.33. The van der Waals surface area contributed by atoms with E-state index in [0.717, 1.165) is 27.9 Å². The number of aryl methyl sites for hydroxylation is 2. The van der Waals surface area contributed by atoms with Gasteiger partial charge in [0.15, 0.2) is 0 Å². The monoisotopic (exact) mass is 450 g/mol. The van der Waals surface area contributed by atoms with Gasteiger partial charge in [0.05, 0.1) is 17.6 Å². The van der Waals surface area contributed by atoms with Crippen LogP contribution in [-0.2, 0) is 4.79 Å². The van der Waals surface area contributed by atoms with E-state index in [1.54, 1.807) is 10.9 Å². The number of nitrogens with zero attached hydrogens (tertiary/aromatic N) is 5. The molecule has 0 spiro atoms. The lowest BCUT2D eigenvalue weighted by Crippen LogP contribution is -2.25. The Balaban J connectivity index is 1.53. The summed E-state index contributed by atoms with van der Waals surface area (Å²) < 4.78 is 7.03. The number of hydrogen-bond donors (Lipinski definition) is 1. The number of benzene rings is 2. The standard InChI is InChI=1S/C26H22N6O2/c1-4-13-34-20-11-9-18(10-12-20)21-14-23(33)29-25-24(21)17(3)31-32(25)26-28-22(15-27-30-26)19-7-5-16(2)6-8-19/h1,5-12,15,21H,13-14H2,2-3H3,(H,29,33). The number of carbonyl (C=O) groups excluding carboxylic acids is 1. The molecule has 3 heterocycles. The molecular weight excluding hydrogens is 428 g/mol. The number of amides is 1. The van der Waals surface area contributed by atoms with Crippen molar-refractivity contribution in [3.05, 3.63) is 77.1 Å². The molecule has 1 aliphatic heterocycles. The summed E-state index contributed by atoms with van der Waals surface area (Å²) in [5.41, 5.74) is 5.46. The summed E-state index contributed by atoms with van der Waals surface area (Å²) >= 11 is 0. The summed E-state index contributed by atoms with van der Waals surface area (Å²) in [6.07, 6.45) is 7.19. The Kier molecular flexibility index (Phi) is 5.52. The Morgan fingerprint density at radius 1 is 1.15 bits per heavy atom. The number of rotatable bonds is 5. The molecule has 0 radical (unpaired) electrons. The van der Waals surface area contributed by atoms with Crippen molar-refractivity contribution in [3.8, 4) is 35.3 Å². The number of carbonyl (C=O) groups is 1. The third kappa shape index (κ3) is 3.99. The maximum absolute atomic E-state index is 12.7. The lowest BCUT2D eigenvalue weighted by Gasteiger charge is -2.24. The van der Waals surface area contributed by atoms with Gasteiger partial charge < -0.3 is 10.1 Å². The van der Waals surface area contributed by atoms with Crippen molar-refractivity contribution in [3.63, 3.8) is 0 Å². The molecule has 2 aromatic carbocycles. The minimum Gasteiger partial charge on any atom is -0.481 e. The maximum Gasteiger partial charge on any atom is 0.272 e. The zero-order valence-corrected chi connectivity index (χ0v) is 18.8. The Labute approximate surface area is 197 Å². The predicted octanol–water partition coefficient (Wildman–Crippen LogP) is 3.83. The van der Waals surface area contributed by atoms with Crippen LogP contribution in [-0.4, -0.2) is 37.5 Å². The molecule has 0 saturated carbocycles. The molecule has 1 aliphatic rings. The van der Waals surface area contributed by atoms with Crippen LogP contribution >= 0.6 is 0 Å². The van der Waals surface area contributed by atoms with Crippen molar-refractivity contribution in [2.45, 2.75) is 26.2 Å². The van der Waals surface area contributed by atoms with E-state index in [2.05, 4.69) is 31.5 Å². The average molecular weight is 451 g/mol. The van der Waals surface area contributed by atoms with Crippen LogP contribution in [0.15, 0.2) is 54.7 Å². The number of aromatic nitrogens is 5. The van der Waals surface area contributed by atoms with Crippen LogP contribution < -0.4 is 10.1 Å². The number of nitrogens with one attached hydrogen (secondary N) is 1. The molecule has 2 aromatic heterocycles. The van der Waals surface area contributed by atoms with E-state index >= 15 is 0 Å². The van der Waals surface area contributed by atoms with Gasteiger partial charge in [0.1, 0.15) is 18.2 Å². The second-order valence-corrected chi connectivity index (χ2v) is 8.13. The van der Waals surface area contributed by atoms with Gasteiger partial charge in [0.25, 0.3) is 5.95 Å². The Bertz CT molecular complexity index is 1400. The van der Waals surface area contributed by atoms with Crippen LogP contribution in [0.3, 0.4) is 0 Å². The van der Waals surface area contributed by atoms with Gasteiger partial charge in [-0.05, 0) is 31.5 Å². The van der Waals surface area contributed by atoms with Crippen molar-refractivity contribution in [2.75, 3.05) is 11.9 Å². The van der Waals surface area contributed by atoms with Crippen molar-refractivity contribution in [1.82, 2.24) is 25.0 Å². The third-order valence-electron chi connectivity index (χ3n) is 5.79. The van der Waals surface area contributed by atoms with Crippen molar-refractivity contribution in [1.29, 1.82) is 0 Å². The first kappa shape index (κ1) is 21.3. The first-order valence-corrected chi connectivity index (χ1v) is 10.9. The van der Waals surface area contributed by atoms with Crippen LogP contribution in [0.2, 0.25) is 0 Å². The maximum atomic E-state index is 12.7. The second-order valence-electron chi connectivity index (χ2n) is 8.13. The summed E-state index contributed by atoms with van der Waals surface area (Å²) in [4.78, 5) is 17.3. The molecule has 5 rings (SSSR count). The summed E-state index contributed by atoms with van der Waals surface area (Å²) in [5.74, 6) is 3.73. The van der Waals surface area contributed by atoms with Gasteiger partial charge in [-0.3, -0.25) is 4.79 Å². The smallest absolute Gasteiger partial charge is 0.272 e. The fraction of sp³-hybridized carbons (Fsp3) is 0.192. The highest BCUT2D eigenvalue weighted by molar-refractivity contribution is 5.95. The van der Waals surface area contributed by atoms with E-state index in [9.17, 15) is 4.79 Å². The number of fused-ring (bicyclic) bond motifs is 1. The minimum absolute atomic E-state index is 0.103. The number of hydrogen-bond acceptors (Lipinski definition) is 6. The SMILES string of the molecule is C#CCOc1ccc(C2CC(=O)Nc3c2c(C)nn3-c2nncc(-c3ccc(C)cc3)n2)cc1. The van der Waals surface area contributed by atoms with Crippen LogP contribution in [0.5, 0.6) is 5.75 Å². The summed E-state index contributed by atoms with van der Waals surface area (Å²) in [6, 6.07) is 15.6. The van der Waals surface area contributed by atoms with Crippen LogP contribution in [0.1, 0.15) is 34.7 Å². The number of terminal acetylenes is 1. The Morgan fingerprint density at radius 3 is 2.65 bits per heavy atom. The number of ether oxygens (including phenoxy) is 1. The van der Waals surface area contributed by atoms with Crippen LogP contribution in [0, 0.1) is 26.2 Å². The van der Waals surface area contributed by atoms with E-state index in [0.29, 0.717) is 29.6 Å². The normalized spacial score (nSPS) is 14.7. The molecule has 1 N–H and O–H groups in total. The zero-order chi connectivity index (χ0) is 23.7. The van der Waals surface area contributed by atoms with Crippen LogP contribution in [0.4, 0.5) is 5.82 Å². The van der Waals surface area contributed by atoms with Crippen molar-refractivity contribution in [2.24, 2.45) is 0 Å². The van der Waals surface area contributed by atoms with Gasteiger partial charge >= 0.3 is 0 Å². The van der Waals surface area contributed by atoms with Gasteiger partial charge in [-0.2, -0.15) is 14.9 Å². The topological polar surface area (TPSA) is 94.8 Å². The minimum atomic E-state index is -0.160. The van der Waals surface area contributed by atoms with Gasteiger partial charge in [-0.1, -0.05) is 47.9 Å². The molecule has 0 bridgehead atoms. The van der Waals surface area contributed by atoms with Gasteiger partial charge in [0, 0.05) is 23.5 Å². The molecule has 168 valence electrons. The van der Waals surface area contributed by atoms with E-state index in [1.807, 2.05) is 62.4 Å². The van der Waals surface area contributed by atoms with Crippen molar-refractivity contribution < 1.29 is 9.53 Å². The van der Waals surface area contributed by atoms with E-state index in [-0.39, 0.29) is 18.4 Å². The molecule has 0 saturated heterocycles. The molecule has 1 unspecified atom stereocenters. The fourth-order valence-corrected chi connectivity index (χ4v) is 4.15. The average Bonchev–Trinajstić information content (AvgIpc) is 3.19. The fourth-order valence-electron chi connectivity index (χ4n) is 4.15. The Hall–Kier alpha value is -4.51. The van der Waals surface area contributed by atoms with E-state index in [1.165, 1.54) is 0 Å². The van der Waals surface area contributed by atoms with Crippen molar-refractivity contribution >= 4 is 11.7 Å². The summed E-state index contributed by atoms with van der Waals surface area (Å²) in [5, 5.41) is 16.0. The molecule has 1 amide bonds. The lowest BCUT2D eigenvalue weighted by atomic mass is 9.86. The first-order valence-electron chi connectivity index (χ1n) is 10.9. The molecule has 0 fully saturated rings. The molecule has 34 heavy (non-hydrogen) atoms. The molecular formula is C26H22N6O2.